The first-order valence-corrected chi connectivity index (χ1v) is 11.7. The lowest BCUT2D eigenvalue weighted by molar-refractivity contribution is -0.384. The molecule has 1 N–H and O–H groups in total. The summed E-state index contributed by atoms with van der Waals surface area (Å²) in [7, 11) is 0. The van der Waals surface area contributed by atoms with Crippen LogP contribution in [0.5, 0.6) is 0 Å². The van der Waals surface area contributed by atoms with Gasteiger partial charge in [-0.2, -0.15) is 0 Å². The lowest BCUT2D eigenvalue weighted by Crippen LogP contribution is -2.57. The predicted molar refractivity (Wildman–Crippen MR) is 123 cm³/mol. The van der Waals surface area contributed by atoms with Crippen LogP contribution in [0.1, 0.15) is 18.1 Å². The Morgan fingerprint density at radius 3 is 2.52 bits per heavy atom. The highest BCUT2D eigenvalue weighted by molar-refractivity contribution is 8.00. The Balaban J connectivity index is 1.75. The van der Waals surface area contributed by atoms with Crippen molar-refractivity contribution in [3.05, 3.63) is 75.8 Å². The fourth-order valence-corrected chi connectivity index (χ4v) is 4.51. The molecule has 2 amide bonds. The molecule has 174 valence electrons. The number of carbonyl (C=O) groups is 3. The third-order valence-corrected chi connectivity index (χ3v) is 6.17. The molecule has 1 saturated heterocycles. The largest absolute Gasteiger partial charge is 0.464 e. The molecule has 0 saturated carbocycles. The molecule has 2 aromatic rings. The number of thioether (sulfide) groups is 1. The fraction of sp³-hybridized carbons (Fsp3) is 0.348. The molecule has 9 nitrogen and oxygen atoms in total. The van der Waals surface area contributed by atoms with Crippen LogP contribution in [0.25, 0.3) is 0 Å². The van der Waals surface area contributed by atoms with Crippen LogP contribution < -0.4 is 5.32 Å². The van der Waals surface area contributed by atoms with Crippen LogP contribution in [0.4, 0.5) is 5.69 Å². The first-order valence-electron chi connectivity index (χ1n) is 10.5. The molecule has 1 heterocycles. The topological polar surface area (TPSA) is 119 Å². The number of esters is 1. The van der Waals surface area contributed by atoms with E-state index in [2.05, 4.69) is 5.32 Å². The zero-order valence-corrected chi connectivity index (χ0v) is 19.0. The van der Waals surface area contributed by atoms with Crippen molar-refractivity contribution in [2.45, 2.75) is 32.0 Å². The molecule has 1 fully saturated rings. The summed E-state index contributed by atoms with van der Waals surface area (Å²) in [5, 5.41) is 13.6. The Morgan fingerprint density at radius 2 is 1.88 bits per heavy atom. The molecule has 1 aliphatic rings. The number of rotatable bonds is 9. The van der Waals surface area contributed by atoms with Crippen LogP contribution in [-0.2, 0) is 32.1 Å². The number of nitro benzene ring substituents is 1. The van der Waals surface area contributed by atoms with Crippen molar-refractivity contribution < 1.29 is 24.0 Å². The highest BCUT2D eigenvalue weighted by Crippen LogP contribution is 2.21. The third kappa shape index (κ3) is 6.55. The number of carbonyl (C=O) groups excluding carboxylic acids is 3. The van der Waals surface area contributed by atoms with Crippen molar-refractivity contribution >= 4 is 35.2 Å². The number of nitro groups is 1. The van der Waals surface area contributed by atoms with Gasteiger partial charge < -0.3 is 15.0 Å². The second-order valence-electron chi connectivity index (χ2n) is 7.48. The first kappa shape index (κ1) is 24.2. The summed E-state index contributed by atoms with van der Waals surface area (Å²) < 4.78 is 5.12. The maximum absolute atomic E-state index is 13.2. The van der Waals surface area contributed by atoms with Crippen molar-refractivity contribution in [1.29, 1.82) is 0 Å². The van der Waals surface area contributed by atoms with Gasteiger partial charge in [-0.3, -0.25) is 19.7 Å². The van der Waals surface area contributed by atoms with Gasteiger partial charge in [0.25, 0.3) is 5.69 Å². The van der Waals surface area contributed by atoms with E-state index >= 15 is 0 Å². The van der Waals surface area contributed by atoms with Crippen LogP contribution in [0.15, 0.2) is 54.6 Å². The average Bonchev–Trinajstić information content (AvgIpc) is 2.81. The smallest absolute Gasteiger partial charge is 0.328 e. The van der Waals surface area contributed by atoms with E-state index in [0.717, 1.165) is 5.56 Å². The van der Waals surface area contributed by atoms with Gasteiger partial charge in [0, 0.05) is 30.9 Å². The summed E-state index contributed by atoms with van der Waals surface area (Å²) in [5.41, 5.74) is 1.47. The van der Waals surface area contributed by atoms with Gasteiger partial charge in [-0.25, -0.2) is 4.79 Å². The molecule has 0 bridgehead atoms. The molecular formula is C23H25N3O6S. The molecule has 0 radical (unpaired) electrons. The van der Waals surface area contributed by atoms with Crippen LogP contribution in [-0.4, -0.2) is 57.8 Å². The minimum atomic E-state index is -0.987. The molecule has 1 unspecified atom stereocenters. The Hall–Kier alpha value is -3.40. The Kier molecular flexibility index (Phi) is 8.42. The molecule has 2 aromatic carbocycles. The minimum absolute atomic E-state index is 0.0650. The van der Waals surface area contributed by atoms with Crippen molar-refractivity contribution in [3.63, 3.8) is 0 Å². The highest BCUT2D eigenvalue weighted by atomic mass is 32.2. The van der Waals surface area contributed by atoms with Gasteiger partial charge in [-0.1, -0.05) is 42.5 Å². The van der Waals surface area contributed by atoms with Gasteiger partial charge in [0.1, 0.15) is 12.1 Å². The molecule has 2 atom stereocenters. The van der Waals surface area contributed by atoms with Crippen LogP contribution in [0.2, 0.25) is 0 Å². The zero-order valence-electron chi connectivity index (χ0n) is 18.1. The van der Waals surface area contributed by atoms with Crippen molar-refractivity contribution in [2.24, 2.45) is 0 Å². The summed E-state index contributed by atoms with van der Waals surface area (Å²) >= 11 is 1.38. The van der Waals surface area contributed by atoms with Crippen molar-refractivity contribution in [1.82, 2.24) is 10.2 Å². The summed E-state index contributed by atoms with van der Waals surface area (Å²) in [6, 6.07) is 13.4. The first-order chi connectivity index (χ1) is 15.9. The molecule has 0 spiro atoms. The van der Waals surface area contributed by atoms with Gasteiger partial charge in [0.05, 0.1) is 17.3 Å². The summed E-state index contributed by atoms with van der Waals surface area (Å²) in [6.45, 7) is 2.11. The van der Waals surface area contributed by atoms with Gasteiger partial charge >= 0.3 is 5.97 Å². The predicted octanol–water partition coefficient (Wildman–Crippen LogP) is 2.33. The number of nitrogens with one attached hydrogen (secondary N) is 1. The summed E-state index contributed by atoms with van der Waals surface area (Å²) in [4.78, 5) is 50.2. The lowest BCUT2D eigenvalue weighted by Gasteiger charge is -2.35. The maximum atomic E-state index is 13.2. The van der Waals surface area contributed by atoms with Crippen LogP contribution >= 0.6 is 11.8 Å². The molecule has 0 aromatic heterocycles. The van der Waals surface area contributed by atoms with Crippen molar-refractivity contribution in [2.75, 3.05) is 18.1 Å². The third-order valence-electron chi connectivity index (χ3n) is 5.17. The average molecular weight is 472 g/mol. The SMILES string of the molecule is CCOC(=O)[C@H](Cc1ccc([N+](=O)[O-])cc1)NC(=O)C1CSCC(=O)N1Cc1ccccc1. The van der Waals surface area contributed by atoms with E-state index in [-0.39, 0.29) is 24.6 Å². The lowest BCUT2D eigenvalue weighted by atomic mass is 10.0. The Morgan fingerprint density at radius 1 is 1.18 bits per heavy atom. The summed E-state index contributed by atoms with van der Waals surface area (Å²) in [5.74, 6) is -0.476. The summed E-state index contributed by atoms with van der Waals surface area (Å²) in [6.07, 6.45) is 0.106. The number of amides is 2. The number of hydrogen-bond acceptors (Lipinski definition) is 7. The molecule has 10 heteroatoms. The number of ether oxygens (including phenoxy) is 1. The second kappa shape index (κ2) is 11.5. The van der Waals surface area contributed by atoms with E-state index in [1.165, 1.54) is 40.9 Å². The van der Waals surface area contributed by atoms with E-state index in [4.69, 9.17) is 4.74 Å². The van der Waals surface area contributed by atoms with Crippen LogP contribution in [0, 0.1) is 10.1 Å². The molecule has 3 rings (SSSR count). The fourth-order valence-electron chi connectivity index (χ4n) is 3.49. The van der Waals surface area contributed by atoms with Gasteiger partial charge in [0.15, 0.2) is 0 Å². The second-order valence-corrected chi connectivity index (χ2v) is 8.51. The number of hydrogen-bond donors (Lipinski definition) is 1. The normalized spacial score (nSPS) is 16.7. The minimum Gasteiger partial charge on any atom is -0.464 e. The number of nitrogens with zero attached hydrogens (tertiary/aromatic N) is 2. The number of non-ortho nitro benzene ring substituents is 1. The van der Waals surface area contributed by atoms with E-state index in [0.29, 0.717) is 23.6 Å². The van der Waals surface area contributed by atoms with Gasteiger partial charge in [-0.05, 0) is 18.1 Å². The maximum Gasteiger partial charge on any atom is 0.328 e. The zero-order chi connectivity index (χ0) is 23.8. The monoisotopic (exact) mass is 471 g/mol. The van der Waals surface area contributed by atoms with E-state index in [1.807, 2.05) is 30.3 Å². The van der Waals surface area contributed by atoms with Gasteiger partial charge in [-0.15, -0.1) is 11.8 Å². The van der Waals surface area contributed by atoms with Crippen LogP contribution in [0.3, 0.4) is 0 Å². The van der Waals surface area contributed by atoms with E-state index in [9.17, 15) is 24.5 Å². The quantitative estimate of drug-likeness (QED) is 0.339. The molecule has 1 aliphatic heterocycles. The molecule has 0 aliphatic carbocycles. The number of benzene rings is 2. The Bertz CT molecular complexity index is 999. The molecule has 33 heavy (non-hydrogen) atoms. The standard InChI is InChI=1S/C23H25N3O6S/c1-2-32-23(29)19(12-16-8-10-18(11-9-16)26(30)31)24-22(28)20-14-33-15-21(27)25(20)13-17-6-4-3-5-7-17/h3-11,19-20H,2,12-15H2,1H3,(H,24,28)/t19-,20?/m0/s1. The van der Waals surface area contributed by atoms with E-state index < -0.39 is 28.9 Å². The highest BCUT2D eigenvalue weighted by Gasteiger charge is 2.35. The van der Waals surface area contributed by atoms with Crippen molar-refractivity contribution in [3.8, 4) is 0 Å². The Labute approximate surface area is 195 Å². The van der Waals surface area contributed by atoms with Gasteiger partial charge in [0.2, 0.25) is 11.8 Å². The van der Waals surface area contributed by atoms with E-state index in [1.54, 1.807) is 6.92 Å². The molecular weight excluding hydrogens is 446 g/mol.